The van der Waals surface area contributed by atoms with Gasteiger partial charge in [-0.05, 0) is 6.07 Å². The van der Waals surface area contributed by atoms with E-state index in [4.69, 9.17) is 10.0 Å². The lowest BCUT2D eigenvalue weighted by molar-refractivity contribution is 0.0937. The first kappa shape index (κ1) is 8.04. The van der Waals surface area contributed by atoms with Gasteiger partial charge in [0.05, 0.1) is 0 Å². The Bertz CT molecular complexity index is 269. The van der Waals surface area contributed by atoms with E-state index in [1.165, 1.54) is 30.0 Å². The molecule has 0 fully saturated rings. The Morgan fingerprint density at radius 2 is 2.27 bits per heavy atom. The lowest BCUT2D eigenvalue weighted by atomic mass is 9.83. The largest absolute Gasteiger partial charge is 0.490 e. The molecule has 0 saturated carbocycles. The van der Waals surface area contributed by atoms with Crippen molar-refractivity contribution < 1.29 is 14.8 Å². The Labute approximate surface area is 64.2 Å². The first-order valence-electron chi connectivity index (χ1n) is 3.16. The Kier molecular flexibility index (Phi) is 2.12. The average Bonchev–Trinajstić information content (AvgIpc) is 2.33. The number of nitrogens with zero attached hydrogens (tertiary/aromatic N) is 1. The Balaban J connectivity index is 2.90. The zero-order valence-electron chi connectivity index (χ0n) is 6.06. The van der Waals surface area contributed by atoms with Crippen LogP contribution in [0, 0.1) is 0 Å². The van der Waals surface area contributed by atoms with Gasteiger partial charge >= 0.3 is 7.12 Å². The molecule has 0 unspecified atom stereocenters. The highest BCUT2D eigenvalue weighted by atomic mass is 16.4. The molecule has 0 aliphatic heterocycles. The van der Waals surface area contributed by atoms with E-state index in [0.717, 1.165) is 0 Å². The first-order chi connectivity index (χ1) is 5.11. The maximum absolute atomic E-state index is 10.7. The van der Waals surface area contributed by atoms with E-state index in [9.17, 15) is 4.79 Å². The fourth-order valence-electron chi connectivity index (χ4n) is 0.762. The van der Waals surface area contributed by atoms with Crippen molar-refractivity contribution in [2.45, 2.75) is 6.92 Å². The first-order valence-corrected chi connectivity index (χ1v) is 3.16. The van der Waals surface area contributed by atoms with Crippen molar-refractivity contribution in [2.75, 3.05) is 0 Å². The van der Waals surface area contributed by atoms with Crippen LogP contribution in [0.4, 0.5) is 0 Å². The zero-order chi connectivity index (χ0) is 8.43. The van der Waals surface area contributed by atoms with Gasteiger partial charge in [0.15, 0.2) is 0 Å². The molecule has 4 nitrogen and oxygen atoms in total. The second kappa shape index (κ2) is 2.90. The molecule has 1 rings (SSSR count). The van der Waals surface area contributed by atoms with Crippen molar-refractivity contribution in [1.82, 2.24) is 4.57 Å². The number of carbonyl (C=O) groups excluding carboxylic acids is 1. The van der Waals surface area contributed by atoms with Gasteiger partial charge in [0.25, 0.3) is 0 Å². The van der Waals surface area contributed by atoms with Crippen LogP contribution in [0.25, 0.3) is 0 Å². The van der Waals surface area contributed by atoms with Crippen LogP contribution in [-0.4, -0.2) is 27.6 Å². The Morgan fingerprint density at radius 3 is 2.55 bits per heavy atom. The maximum Gasteiger partial charge on any atom is 0.490 e. The summed E-state index contributed by atoms with van der Waals surface area (Å²) in [5, 5.41) is 17.3. The van der Waals surface area contributed by atoms with Crippen LogP contribution in [0.3, 0.4) is 0 Å². The third kappa shape index (κ3) is 1.69. The minimum Gasteiger partial charge on any atom is -0.423 e. The molecule has 0 saturated heterocycles. The summed E-state index contributed by atoms with van der Waals surface area (Å²) in [5.41, 5.74) is 0.320. The molecule has 0 bridgehead atoms. The van der Waals surface area contributed by atoms with Gasteiger partial charge in [-0.25, -0.2) is 0 Å². The highest BCUT2D eigenvalue weighted by molar-refractivity contribution is 6.58. The van der Waals surface area contributed by atoms with E-state index >= 15 is 0 Å². The van der Waals surface area contributed by atoms with E-state index in [1.807, 2.05) is 0 Å². The molecule has 0 amide bonds. The maximum atomic E-state index is 10.7. The fraction of sp³-hybridized carbons (Fsp3) is 0.167. The number of rotatable bonds is 1. The Hall–Kier alpha value is -1.07. The van der Waals surface area contributed by atoms with E-state index in [2.05, 4.69) is 0 Å². The van der Waals surface area contributed by atoms with Crippen LogP contribution in [0.5, 0.6) is 0 Å². The van der Waals surface area contributed by atoms with Gasteiger partial charge in [-0.2, -0.15) is 0 Å². The van der Waals surface area contributed by atoms with Crippen molar-refractivity contribution >= 4 is 18.5 Å². The summed E-state index contributed by atoms with van der Waals surface area (Å²) in [6, 6.07) is 1.48. The van der Waals surface area contributed by atoms with Crippen molar-refractivity contribution in [3.05, 3.63) is 18.5 Å². The van der Waals surface area contributed by atoms with Gasteiger partial charge in [-0.3, -0.25) is 9.36 Å². The molecule has 0 aromatic carbocycles. The van der Waals surface area contributed by atoms with Crippen LogP contribution in [0.1, 0.15) is 11.7 Å². The van der Waals surface area contributed by atoms with Gasteiger partial charge in [0.2, 0.25) is 5.91 Å². The Morgan fingerprint density at radius 1 is 1.64 bits per heavy atom. The molecule has 2 N–H and O–H groups in total. The van der Waals surface area contributed by atoms with Crippen molar-refractivity contribution in [1.29, 1.82) is 0 Å². The number of hydrogen-bond donors (Lipinski definition) is 2. The smallest absolute Gasteiger partial charge is 0.423 e. The van der Waals surface area contributed by atoms with Crippen LogP contribution >= 0.6 is 0 Å². The molecule has 1 aromatic rings. The van der Waals surface area contributed by atoms with Crippen molar-refractivity contribution in [3.8, 4) is 0 Å². The minimum absolute atomic E-state index is 0.156. The molecule has 11 heavy (non-hydrogen) atoms. The quantitative estimate of drug-likeness (QED) is 0.499. The van der Waals surface area contributed by atoms with E-state index < -0.39 is 7.12 Å². The lowest BCUT2D eigenvalue weighted by Gasteiger charge is -1.92. The molecule has 1 aromatic heterocycles. The molecule has 0 aliphatic rings. The third-order valence-corrected chi connectivity index (χ3v) is 1.38. The summed E-state index contributed by atoms with van der Waals surface area (Å²) in [6.45, 7) is 1.40. The van der Waals surface area contributed by atoms with Crippen molar-refractivity contribution in [3.63, 3.8) is 0 Å². The fourth-order valence-corrected chi connectivity index (χ4v) is 0.762. The molecule has 0 radical (unpaired) electrons. The van der Waals surface area contributed by atoms with Crippen LogP contribution in [-0.2, 0) is 0 Å². The standard InChI is InChI=1S/C6H8BNO3/c1-5(9)8-3-2-6(4-8)7(10)11/h2-4,10-11H,1H3. The summed E-state index contributed by atoms with van der Waals surface area (Å²) in [6.07, 6.45) is 2.87. The molecular weight excluding hydrogens is 145 g/mol. The topological polar surface area (TPSA) is 62.5 Å². The third-order valence-electron chi connectivity index (χ3n) is 1.38. The number of hydrogen-bond acceptors (Lipinski definition) is 3. The molecule has 0 spiro atoms. The summed E-state index contributed by atoms with van der Waals surface area (Å²) < 4.78 is 1.29. The monoisotopic (exact) mass is 153 g/mol. The molecular formula is C6H8BNO3. The minimum atomic E-state index is -1.50. The van der Waals surface area contributed by atoms with Crippen LogP contribution in [0.15, 0.2) is 18.5 Å². The number of carbonyl (C=O) groups is 1. The van der Waals surface area contributed by atoms with E-state index in [0.29, 0.717) is 5.46 Å². The zero-order valence-corrected chi connectivity index (χ0v) is 6.06. The average molecular weight is 153 g/mol. The van der Waals surface area contributed by atoms with Gasteiger partial charge < -0.3 is 10.0 Å². The molecule has 0 atom stereocenters. The molecule has 1 heterocycles. The second-order valence-corrected chi connectivity index (χ2v) is 2.24. The van der Waals surface area contributed by atoms with Crippen LogP contribution in [0.2, 0.25) is 0 Å². The molecule has 0 aliphatic carbocycles. The summed E-state index contributed by atoms with van der Waals surface area (Å²) >= 11 is 0. The molecule has 5 heteroatoms. The summed E-state index contributed by atoms with van der Waals surface area (Å²) in [7, 11) is -1.50. The van der Waals surface area contributed by atoms with Gasteiger partial charge in [-0.15, -0.1) is 0 Å². The van der Waals surface area contributed by atoms with E-state index in [-0.39, 0.29) is 5.91 Å². The van der Waals surface area contributed by atoms with Gasteiger partial charge in [0.1, 0.15) is 0 Å². The van der Waals surface area contributed by atoms with Crippen LogP contribution < -0.4 is 5.46 Å². The second-order valence-electron chi connectivity index (χ2n) is 2.24. The van der Waals surface area contributed by atoms with Gasteiger partial charge in [-0.1, -0.05) is 0 Å². The van der Waals surface area contributed by atoms with Gasteiger partial charge in [0, 0.05) is 24.8 Å². The van der Waals surface area contributed by atoms with E-state index in [1.54, 1.807) is 0 Å². The summed E-state index contributed by atoms with van der Waals surface area (Å²) in [5.74, 6) is -0.156. The lowest BCUT2D eigenvalue weighted by Crippen LogP contribution is -2.28. The molecule has 58 valence electrons. The SMILES string of the molecule is CC(=O)n1ccc(B(O)O)c1. The highest BCUT2D eigenvalue weighted by Gasteiger charge is 2.12. The highest BCUT2D eigenvalue weighted by Crippen LogP contribution is 1.88. The predicted molar refractivity (Wildman–Crippen MR) is 40.6 cm³/mol. The summed E-state index contributed by atoms with van der Waals surface area (Å²) in [4.78, 5) is 10.7. The predicted octanol–water partition coefficient (Wildman–Crippen LogP) is -1.17. The number of aromatic nitrogens is 1. The van der Waals surface area contributed by atoms with Crippen molar-refractivity contribution in [2.24, 2.45) is 0 Å². The normalized spacial score (nSPS) is 9.73.